The number of benzene rings is 2. The Kier molecular flexibility index (Phi) is 7.95. The van der Waals surface area contributed by atoms with Gasteiger partial charge in [0.05, 0.1) is 31.9 Å². The first-order chi connectivity index (χ1) is 17.5. The topological polar surface area (TPSA) is 98.4 Å². The number of unbranched alkanes of at least 4 members (excludes halogenated alkanes) is 2. The Morgan fingerprint density at radius 3 is 2.64 bits per heavy atom. The van der Waals surface area contributed by atoms with Crippen LogP contribution in [0.4, 0.5) is 0 Å². The summed E-state index contributed by atoms with van der Waals surface area (Å²) in [5.41, 5.74) is 1.02. The molecule has 8 nitrogen and oxygen atoms in total. The van der Waals surface area contributed by atoms with E-state index in [1.54, 1.807) is 30.3 Å². The Balaban J connectivity index is 1.72. The lowest BCUT2D eigenvalue weighted by molar-refractivity contribution is -0.130. The molecule has 8 heteroatoms. The molecule has 0 saturated carbocycles. The summed E-state index contributed by atoms with van der Waals surface area (Å²) in [7, 11) is 3.05. The number of Topliss-reactive ketones (excluding diaryl/α,β-unsaturated/α-hetero) is 1. The van der Waals surface area contributed by atoms with Crippen LogP contribution in [0, 0.1) is 0 Å². The van der Waals surface area contributed by atoms with Gasteiger partial charge in [-0.05, 0) is 36.2 Å². The van der Waals surface area contributed by atoms with Crippen LogP contribution >= 0.6 is 0 Å². The van der Waals surface area contributed by atoms with E-state index in [0.717, 1.165) is 19.3 Å². The molecule has 1 amide bonds. The highest BCUT2D eigenvalue weighted by atomic mass is 16.5. The number of rotatable bonds is 12. The highest BCUT2D eigenvalue weighted by Crippen LogP contribution is 2.41. The van der Waals surface area contributed by atoms with Gasteiger partial charge in [0.1, 0.15) is 5.75 Å². The number of aliphatic hydroxyl groups excluding tert-OH is 1. The lowest BCUT2D eigenvalue weighted by Gasteiger charge is -2.26. The number of ether oxygens (including phenoxy) is 3. The van der Waals surface area contributed by atoms with Gasteiger partial charge in [0.15, 0.2) is 22.9 Å². The van der Waals surface area contributed by atoms with Crippen molar-refractivity contribution in [2.75, 3.05) is 34.0 Å². The molecule has 2 aromatic carbocycles. The number of carbonyl (C=O) groups excluding carboxylic acids is 2. The normalized spacial score (nSPS) is 15.7. The largest absolute Gasteiger partial charge is 0.503 e. The number of hydrogen-bond acceptors (Lipinski definition) is 7. The second kappa shape index (κ2) is 11.3. The smallest absolute Gasteiger partial charge is 0.290 e. The fourth-order valence-electron chi connectivity index (χ4n) is 4.41. The number of hydrogen-bond donors (Lipinski definition) is 1. The van der Waals surface area contributed by atoms with E-state index in [9.17, 15) is 14.7 Å². The molecule has 190 valence electrons. The SMILES string of the molecule is CCCCCOc1cccc(C2C(C(=O)c3cc4cccc(OC)c4o3)=C(O)C(=O)N2CCOC)c1. The number of furan rings is 1. The molecule has 0 fully saturated rings. The van der Waals surface area contributed by atoms with Gasteiger partial charge in [0.25, 0.3) is 5.91 Å². The quantitative estimate of drug-likeness (QED) is 0.272. The molecule has 2 heterocycles. The molecule has 1 aliphatic rings. The standard InChI is InChI=1S/C28H31NO7/c1-4-5-6-14-35-20-11-7-9-18(16-20)24-23(26(31)28(32)29(24)13-15-33-2)25(30)22-17-19-10-8-12-21(34-3)27(19)36-22/h7-12,16-17,24,31H,4-6,13-15H2,1-3H3. The maximum Gasteiger partial charge on any atom is 0.290 e. The molecule has 0 spiro atoms. The van der Waals surface area contributed by atoms with Gasteiger partial charge in [-0.3, -0.25) is 9.59 Å². The summed E-state index contributed by atoms with van der Waals surface area (Å²) < 4.78 is 22.3. The van der Waals surface area contributed by atoms with E-state index in [0.29, 0.717) is 34.6 Å². The van der Waals surface area contributed by atoms with Gasteiger partial charge >= 0.3 is 0 Å². The average Bonchev–Trinajstić information content (AvgIpc) is 3.44. The maximum atomic E-state index is 13.7. The van der Waals surface area contributed by atoms with Crippen molar-refractivity contribution in [2.24, 2.45) is 0 Å². The van der Waals surface area contributed by atoms with Crippen LogP contribution in [0.2, 0.25) is 0 Å². The molecular weight excluding hydrogens is 462 g/mol. The fraction of sp³-hybridized carbons (Fsp3) is 0.357. The van der Waals surface area contributed by atoms with Crippen molar-refractivity contribution >= 4 is 22.7 Å². The molecule has 1 aliphatic heterocycles. The number of carbonyl (C=O) groups is 2. The van der Waals surface area contributed by atoms with Gasteiger partial charge in [-0.1, -0.05) is 44.0 Å². The van der Waals surface area contributed by atoms with Crippen molar-refractivity contribution in [2.45, 2.75) is 32.2 Å². The second-order valence-corrected chi connectivity index (χ2v) is 8.60. The zero-order valence-corrected chi connectivity index (χ0v) is 20.8. The summed E-state index contributed by atoms with van der Waals surface area (Å²) in [4.78, 5) is 28.2. The first-order valence-electron chi connectivity index (χ1n) is 12.1. The maximum absolute atomic E-state index is 13.7. The Morgan fingerprint density at radius 1 is 1.08 bits per heavy atom. The predicted molar refractivity (Wildman–Crippen MR) is 135 cm³/mol. The van der Waals surface area contributed by atoms with Gasteiger partial charge < -0.3 is 28.6 Å². The van der Waals surface area contributed by atoms with E-state index in [2.05, 4.69) is 6.92 Å². The lowest BCUT2D eigenvalue weighted by atomic mass is 9.95. The summed E-state index contributed by atoms with van der Waals surface area (Å²) in [5.74, 6) is -0.674. The Bertz CT molecular complexity index is 1280. The third-order valence-corrected chi connectivity index (χ3v) is 6.23. The van der Waals surface area contributed by atoms with Crippen molar-refractivity contribution in [3.8, 4) is 11.5 Å². The number of para-hydroxylation sites is 1. The van der Waals surface area contributed by atoms with Crippen LogP contribution < -0.4 is 9.47 Å². The first-order valence-corrected chi connectivity index (χ1v) is 12.1. The van der Waals surface area contributed by atoms with Crippen LogP contribution in [0.1, 0.15) is 48.3 Å². The van der Waals surface area contributed by atoms with E-state index in [1.165, 1.54) is 19.1 Å². The molecule has 1 aromatic heterocycles. The molecule has 0 bridgehead atoms. The molecule has 36 heavy (non-hydrogen) atoms. The van der Waals surface area contributed by atoms with Crippen LogP contribution in [0.3, 0.4) is 0 Å². The first kappa shape index (κ1) is 25.3. The number of fused-ring (bicyclic) bond motifs is 1. The molecule has 1 N–H and O–H groups in total. The monoisotopic (exact) mass is 493 g/mol. The number of nitrogens with zero attached hydrogens (tertiary/aromatic N) is 1. The minimum atomic E-state index is -0.825. The molecular formula is C28H31NO7. The van der Waals surface area contributed by atoms with Gasteiger partial charge in [-0.25, -0.2) is 0 Å². The van der Waals surface area contributed by atoms with Crippen LogP contribution in [0.15, 0.2) is 64.3 Å². The van der Waals surface area contributed by atoms with Crippen molar-refractivity contribution in [1.82, 2.24) is 4.90 Å². The van der Waals surface area contributed by atoms with E-state index < -0.39 is 23.5 Å². The van der Waals surface area contributed by atoms with Crippen molar-refractivity contribution in [1.29, 1.82) is 0 Å². The Hall–Kier alpha value is -3.78. The van der Waals surface area contributed by atoms with Gasteiger partial charge in [-0.2, -0.15) is 0 Å². The second-order valence-electron chi connectivity index (χ2n) is 8.60. The van der Waals surface area contributed by atoms with Crippen LogP contribution in [0.5, 0.6) is 11.5 Å². The van der Waals surface area contributed by atoms with E-state index in [-0.39, 0.29) is 24.5 Å². The molecule has 3 aromatic rings. The van der Waals surface area contributed by atoms with Crippen molar-refractivity contribution in [3.05, 3.63) is 71.2 Å². The van der Waals surface area contributed by atoms with Gasteiger partial charge in [-0.15, -0.1) is 0 Å². The summed E-state index contributed by atoms with van der Waals surface area (Å²) in [6.07, 6.45) is 3.09. The van der Waals surface area contributed by atoms with Crippen LogP contribution in [-0.4, -0.2) is 55.7 Å². The molecule has 0 radical (unpaired) electrons. The fourth-order valence-corrected chi connectivity index (χ4v) is 4.41. The summed E-state index contributed by atoms with van der Waals surface area (Å²) in [5, 5.41) is 11.5. The van der Waals surface area contributed by atoms with E-state index in [4.69, 9.17) is 18.6 Å². The van der Waals surface area contributed by atoms with Crippen LogP contribution in [-0.2, 0) is 9.53 Å². The lowest BCUT2D eigenvalue weighted by Crippen LogP contribution is -2.34. The molecule has 1 atom stereocenters. The number of amides is 1. The average molecular weight is 494 g/mol. The molecule has 0 saturated heterocycles. The number of ketones is 1. The Labute approximate surface area is 210 Å². The molecule has 1 unspecified atom stereocenters. The minimum Gasteiger partial charge on any atom is -0.503 e. The van der Waals surface area contributed by atoms with Crippen molar-refractivity contribution in [3.63, 3.8) is 0 Å². The number of methoxy groups -OCH3 is 2. The van der Waals surface area contributed by atoms with Gasteiger partial charge in [0.2, 0.25) is 5.78 Å². The Morgan fingerprint density at radius 2 is 1.89 bits per heavy atom. The highest BCUT2D eigenvalue weighted by molar-refractivity contribution is 6.16. The third-order valence-electron chi connectivity index (χ3n) is 6.23. The van der Waals surface area contributed by atoms with Crippen LogP contribution in [0.25, 0.3) is 11.0 Å². The molecule has 4 rings (SSSR count). The van der Waals surface area contributed by atoms with E-state index >= 15 is 0 Å². The highest BCUT2D eigenvalue weighted by Gasteiger charge is 2.44. The summed E-state index contributed by atoms with van der Waals surface area (Å²) in [6.45, 7) is 3.13. The summed E-state index contributed by atoms with van der Waals surface area (Å²) >= 11 is 0. The summed E-state index contributed by atoms with van der Waals surface area (Å²) in [6, 6.07) is 13.4. The van der Waals surface area contributed by atoms with E-state index in [1.807, 2.05) is 18.2 Å². The zero-order chi connectivity index (χ0) is 25.7. The zero-order valence-electron chi connectivity index (χ0n) is 20.8. The van der Waals surface area contributed by atoms with Gasteiger partial charge in [0, 0.05) is 19.0 Å². The number of aliphatic hydroxyl groups is 1. The minimum absolute atomic E-state index is 0.00871. The predicted octanol–water partition coefficient (Wildman–Crippen LogP) is 5.24. The van der Waals surface area contributed by atoms with Crippen molar-refractivity contribution < 1.29 is 33.3 Å². The third kappa shape index (κ3) is 4.95. The molecule has 0 aliphatic carbocycles.